The Bertz CT molecular complexity index is 571. The molecule has 20 heavy (non-hydrogen) atoms. The zero-order valence-corrected chi connectivity index (χ0v) is 12.6. The van der Waals surface area contributed by atoms with E-state index in [0.29, 0.717) is 17.5 Å². The van der Waals surface area contributed by atoms with Crippen molar-refractivity contribution in [2.24, 2.45) is 0 Å². The lowest BCUT2D eigenvalue weighted by Crippen LogP contribution is -2.40. The maximum absolute atomic E-state index is 11.9. The third-order valence-electron chi connectivity index (χ3n) is 2.90. The zero-order chi connectivity index (χ0) is 15.2. The van der Waals surface area contributed by atoms with E-state index in [1.807, 2.05) is 13.0 Å². The summed E-state index contributed by atoms with van der Waals surface area (Å²) in [4.78, 5) is 0. The van der Waals surface area contributed by atoms with Crippen molar-refractivity contribution in [1.82, 2.24) is 4.72 Å². The fraction of sp³-hybridized carbons (Fsp3) is 0.500. The van der Waals surface area contributed by atoms with Crippen molar-refractivity contribution in [2.45, 2.75) is 38.0 Å². The molecule has 1 unspecified atom stereocenters. The van der Waals surface area contributed by atoms with Gasteiger partial charge in [0, 0.05) is 6.54 Å². The van der Waals surface area contributed by atoms with Crippen LogP contribution in [0.25, 0.3) is 0 Å². The summed E-state index contributed by atoms with van der Waals surface area (Å²) in [6.07, 6.45) is 1.32. The second-order valence-corrected chi connectivity index (χ2v) is 6.94. The van der Waals surface area contributed by atoms with Crippen LogP contribution in [0.1, 0.15) is 37.8 Å². The molecule has 0 spiro atoms. The van der Waals surface area contributed by atoms with Crippen molar-refractivity contribution in [3.05, 3.63) is 35.4 Å². The number of nitrogens with zero attached hydrogens (tertiary/aromatic N) is 1. The van der Waals surface area contributed by atoms with E-state index in [1.54, 1.807) is 31.2 Å². The van der Waals surface area contributed by atoms with E-state index in [4.69, 9.17) is 5.26 Å². The molecule has 0 radical (unpaired) electrons. The summed E-state index contributed by atoms with van der Waals surface area (Å²) < 4.78 is 26.3. The Morgan fingerprint density at radius 3 is 2.45 bits per heavy atom. The number of hydrogen-bond acceptors (Lipinski definition) is 4. The minimum Gasteiger partial charge on any atom is -0.389 e. The standard InChI is InChI=1S/C14H20N2O3S/c1-3-8-14(2,17)11-16-20(18,19)10-13-6-4-12(9-15)5-7-13/h4-7,16-17H,3,8,10-11H2,1-2H3. The third kappa shape index (κ3) is 5.70. The second-order valence-electron chi connectivity index (χ2n) is 5.14. The summed E-state index contributed by atoms with van der Waals surface area (Å²) in [5, 5.41) is 18.6. The molecule has 6 heteroatoms. The van der Waals surface area contributed by atoms with Gasteiger partial charge >= 0.3 is 0 Å². The average molecular weight is 296 g/mol. The van der Waals surface area contributed by atoms with Crippen molar-refractivity contribution < 1.29 is 13.5 Å². The lowest BCUT2D eigenvalue weighted by atomic mass is 10.0. The largest absolute Gasteiger partial charge is 0.389 e. The summed E-state index contributed by atoms with van der Waals surface area (Å²) in [6, 6.07) is 8.37. The highest BCUT2D eigenvalue weighted by molar-refractivity contribution is 7.88. The van der Waals surface area contributed by atoms with Gasteiger partial charge in [0.2, 0.25) is 10.0 Å². The van der Waals surface area contributed by atoms with Gasteiger partial charge in [-0.2, -0.15) is 5.26 Å². The Hall–Kier alpha value is -1.42. The highest BCUT2D eigenvalue weighted by atomic mass is 32.2. The minimum atomic E-state index is -3.50. The van der Waals surface area contributed by atoms with Crippen molar-refractivity contribution in [3.63, 3.8) is 0 Å². The van der Waals surface area contributed by atoms with E-state index in [-0.39, 0.29) is 12.3 Å². The third-order valence-corrected chi connectivity index (χ3v) is 4.20. The molecule has 2 N–H and O–H groups in total. The first-order valence-electron chi connectivity index (χ1n) is 6.47. The molecule has 0 saturated heterocycles. The van der Waals surface area contributed by atoms with E-state index < -0.39 is 15.6 Å². The SMILES string of the molecule is CCCC(C)(O)CNS(=O)(=O)Cc1ccc(C#N)cc1. The van der Waals surface area contributed by atoms with Crippen molar-refractivity contribution in [2.75, 3.05) is 6.54 Å². The predicted octanol–water partition coefficient (Wildman–Crippen LogP) is 1.53. The number of sulfonamides is 1. The normalized spacial score (nSPS) is 14.5. The van der Waals surface area contributed by atoms with Crippen LogP contribution in [0.3, 0.4) is 0 Å². The molecule has 1 rings (SSSR count). The highest BCUT2D eigenvalue weighted by Gasteiger charge is 2.22. The molecule has 5 nitrogen and oxygen atoms in total. The van der Waals surface area contributed by atoms with Crippen LogP contribution in [-0.4, -0.2) is 25.7 Å². The predicted molar refractivity (Wildman–Crippen MR) is 77.3 cm³/mol. The van der Waals surface area contributed by atoms with Gasteiger partial charge in [-0.05, 0) is 31.0 Å². The highest BCUT2D eigenvalue weighted by Crippen LogP contribution is 2.12. The van der Waals surface area contributed by atoms with Gasteiger partial charge in [-0.25, -0.2) is 13.1 Å². The number of nitriles is 1. The molecular weight excluding hydrogens is 276 g/mol. The smallest absolute Gasteiger partial charge is 0.215 e. The summed E-state index contributed by atoms with van der Waals surface area (Å²) in [5.41, 5.74) is 0.0589. The molecule has 0 aliphatic carbocycles. The van der Waals surface area contributed by atoms with Gasteiger partial charge in [0.05, 0.1) is 23.0 Å². The van der Waals surface area contributed by atoms with Crippen molar-refractivity contribution in [1.29, 1.82) is 5.26 Å². The van der Waals surface area contributed by atoms with E-state index in [9.17, 15) is 13.5 Å². The quantitative estimate of drug-likeness (QED) is 0.798. The van der Waals surface area contributed by atoms with Gasteiger partial charge in [-0.1, -0.05) is 25.5 Å². The maximum atomic E-state index is 11.9. The fourth-order valence-electron chi connectivity index (χ4n) is 1.84. The molecule has 1 atom stereocenters. The molecular formula is C14H20N2O3S. The average Bonchev–Trinajstić information content (AvgIpc) is 2.37. The van der Waals surface area contributed by atoms with Crippen LogP contribution in [0.2, 0.25) is 0 Å². The molecule has 110 valence electrons. The van der Waals surface area contributed by atoms with Crippen LogP contribution < -0.4 is 4.72 Å². The first-order valence-corrected chi connectivity index (χ1v) is 8.12. The van der Waals surface area contributed by atoms with Crippen LogP contribution in [0.15, 0.2) is 24.3 Å². The summed E-state index contributed by atoms with van der Waals surface area (Å²) in [6.45, 7) is 3.54. The summed E-state index contributed by atoms with van der Waals surface area (Å²) in [7, 11) is -3.50. The molecule has 0 aliphatic heterocycles. The van der Waals surface area contributed by atoms with Crippen LogP contribution in [-0.2, 0) is 15.8 Å². The number of hydrogen-bond donors (Lipinski definition) is 2. The Morgan fingerprint density at radius 1 is 1.35 bits per heavy atom. The van der Waals surface area contributed by atoms with E-state index in [1.165, 1.54) is 0 Å². The molecule has 0 fully saturated rings. The lowest BCUT2D eigenvalue weighted by Gasteiger charge is -2.22. The van der Waals surface area contributed by atoms with Crippen LogP contribution in [0.4, 0.5) is 0 Å². The number of nitrogens with one attached hydrogen (secondary N) is 1. The van der Waals surface area contributed by atoms with Gasteiger partial charge in [0.1, 0.15) is 0 Å². The van der Waals surface area contributed by atoms with Crippen molar-refractivity contribution >= 4 is 10.0 Å². The number of aliphatic hydroxyl groups is 1. The first kappa shape index (κ1) is 16.6. The Kier molecular flexibility index (Phi) is 5.69. The van der Waals surface area contributed by atoms with Crippen molar-refractivity contribution in [3.8, 4) is 6.07 Å². The van der Waals surface area contributed by atoms with Gasteiger partial charge in [0.25, 0.3) is 0 Å². The molecule has 0 aromatic heterocycles. The topological polar surface area (TPSA) is 90.2 Å². The van der Waals surface area contributed by atoms with E-state index >= 15 is 0 Å². The van der Waals surface area contributed by atoms with Gasteiger partial charge < -0.3 is 5.11 Å². The molecule has 1 aromatic rings. The Balaban J connectivity index is 2.63. The van der Waals surface area contributed by atoms with Gasteiger partial charge in [-0.3, -0.25) is 0 Å². The van der Waals surface area contributed by atoms with E-state index in [2.05, 4.69) is 4.72 Å². The zero-order valence-electron chi connectivity index (χ0n) is 11.8. The van der Waals surface area contributed by atoms with Crippen LogP contribution in [0, 0.1) is 11.3 Å². The molecule has 0 aliphatic rings. The van der Waals surface area contributed by atoms with E-state index in [0.717, 1.165) is 6.42 Å². The Morgan fingerprint density at radius 2 is 1.95 bits per heavy atom. The van der Waals surface area contributed by atoms with Gasteiger partial charge in [0.15, 0.2) is 0 Å². The van der Waals surface area contributed by atoms with Crippen LogP contribution in [0.5, 0.6) is 0 Å². The monoisotopic (exact) mass is 296 g/mol. The van der Waals surface area contributed by atoms with Crippen LogP contribution >= 0.6 is 0 Å². The maximum Gasteiger partial charge on any atom is 0.215 e. The summed E-state index contributed by atoms with van der Waals surface area (Å²) >= 11 is 0. The second kappa shape index (κ2) is 6.84. The molecule has 0 heterocycles. The molecule has 0 amide bonds. The molecule has 1 aromatic carbocycles. The lowest BCUT2D eigenvalue weighted by molar-refractivity contribution is 0.0554. The molecule has 0 bridgehead atoms. The number of benzene rings is 1. The Labute approximate surface area is 120 Å². The van der Waals surface area contributed by atoms with Gasteiger partial charge in [-0.15, -0.1) is 0 Å². The minimum absolute atomic E-state index is 0.000543. The fourth-order valence-corrected chi connectivity index (χ4v) is 3.10. The number of rotatable bonds is 7. The first-order chi connectivity index (χ1) is 9.28. The summed E-state index contributed by atoms with van der Waals surface area (Å²) in [5.74, 6) is -0.166. The molecule has 0 saturated carbocycles.